The maximum absolute atomic E-state index is 12.6. The minimum atomic E-state index is -0.113. The van der Waals surface area contributed by atoms with Crippen molar-refractivity contribution in [1.29, 1.82) is 0 Å². The smallest absolute Gasteiger partial charge is 0.225 e. The number of amides is 1. The molecule has 1 aliphatic rings. The molecule has 1 aromatic carbocycles. The average molecular weight is 379 g/mol. The second kappa shape index (κ2) is 8.02. The van der Waals surface area contributed by atoms with Gasteiger partial charge in [-0.1, -0.05) is 29.3 Å². The van der Waals surface area contributed by atoms with Gasteiger partial charge in [0.15, 0.2) is 0 Å². The molecule has 25 heavy (non-hydrogen) atoms. The van der Waals surface area contributed by atoms with Crippen molar-refractivity contribution in [3.63, 3.8) is 0 Å². The predicted molar refractivity (Wildman–Crippen MR) is 100.0 cm³/mol. The third kappa shape index (κ3) is 4.41. The van der Waals surface area contributed by atoms with Crippen LogP contribution in [-0.4, -0.2) is 29.0 Å². The Balaban J connectivity index is 1.55. The van der Waals surface area contributed by atoms with Crippen LogP contribution in [0.1, 0.15) is 31.4 Å². The molecule has 1 saturated heterocycles. The monoisotopic (exact) mass is 378 g/mol. The SMILES string of the molecule is CC(NC(=O)C1CCN(c2ncccn2)CC1)c1ccc(Cl)c(Cl)c1. The third-order valence-electron chi connectivity index (χ3n) is 4.50. The van der Waals surface area contributed by atoms with Crippen molar-refractivity contribution < 1.29 is 4.79 Å². The van der Waals surface area contributed by atoms with Gasteiger partial charge in [-0.05, 0) is 43.5 Å². The van der Waals surface area contributed by atoms with Gasteiger partial charge in [-0.15, -0.1) is 0 Å². The number of piperidine rings is 1. The van der Waals surface area contributed by atoms with Crippen molar-refractivity contribution in [2.45, 2.75) is 25.8 Å². The van der Waals surface area contributed by atoms with Crippen LogP contribution in [0.3, 0.4) is 0 Å². The Bertz CT molecular complexity index is 733. The Morgan fingerprint density at radius 2 is 1.88 bits per heavy atom. The molecular formula is C18H20Cl2N4O. The average Bonchev–Trinajstić information content (AvgIpc) is 2.64. The van der Waals surface area contributed by atoms with Crippen LogP contribution in [0.2, 0.25) is 10.0 Å². The van der Waals surface area contributed by atoms with Gasteiger partial charge < -0.3 is 10.2 Å². The standard InChI is InChI=1S/C18H20Cl2N4O/c1-12(14-3-4-15(19)16(20)11-14)23-17(25)13-5-9-24(10-6-13)18-21-7-2-8-22-18/h2-4,7-8,11-13H,5-6,9-10H2,1H3,(H,23,25). The van der Waals surface area contributed by atoms with E-state index in [4.69, 9.17) is 23.2 Å². The van der Waals surface area contributed by atoms with E-state index in [1.165, 1.54) is 0 Å². The summed E-state index contributed by atoms with van der Waals surface area (Å²) in [5.74, 6) is 0.808. The highest BCUT2D eigenvalue weighted by Crippen LogP contribution is 2.26. The van der Waals surface area contributed by atoms with E-state index in [1.54, 1.807) is 30.6 Å². The first-order chi connectivity index (χ1) is 12.0. The van der Waals surface area contributed by atoms with Crippen LogP contribution in [0.25, 0.3) is 0 Å². The van der Waals surface area contributed by atoms with Crippen LogP contribution in [-0.2, 0) is 4.79 Å². The van der Waals surface area contributed by atoms with Gasteiger partial charge in [-0.25, -0.2) is 9.97 Å². The van der Waals surface area contributed by atoms with Gasteiger partial charge in [0, 0.05) is 31.4 Å². The van der Waals surface area contributed by atoms with E-state index in [2.05, 4.69) is 20.2 Å². The largest absolute Gasteiger partial charge is 0.349 e. The van der Waals surface area contributed by atoms with Crippen LogP contribution in [0, 0.1) is 5.92 Å². The highest BCUT2D eigenvalue weighted by Gasteiger charge is 2.27. The van der Waals surface area contributed by atoms with Crippen molar-refractivity contribution in [3.8, 4) is 0 Å². The Morgan fingerprint density at radius 1 is 1.20 bits per heavy atom. The molecule has 7 heteroatoms. The first-order valence-corrected chi connectivity index (χ1v) is 9.07. The number of carbonyl (C=O) groups excluding carboxylic acids is 1. The van der Waals surface area contributed by atoms with Gasteiger partial charge in [0.1, 0.15) is 0 Å². The van der Waals surface area contributed by atoms with Gasteiger partial charge in [0.05, 0.1) is 16.1 Å². The Hall–Kier alpha value is -1.85. The molecule has 0 saturated carbocycles. The molecule has 1 fully saturated rings. The zero-order valence-corrected chi connectivity index (χ0v) is 15.5. The van der Waals surface area contributed by atoms with Crippen molar-refractivity contribution in [2.24, 2.45) is 5.92 Å². The lowest BCUT2D eigenvalue weighted by molar-refractivity contribution is -0.126. The molecule has 1 aromatic heterocycles. The molecule has 1 amide bonds. The molecule has 0 radical (unpaired) electrons. The van der Waals surface area contributed by atoms with Crippen LogP contribution in [0.15, 0.2) is 36.7 Å². The lowest BCUT2D eigenvalue weighted by Gasteiger charge is -2.31. The number of nitrogens with one attached hydrogen (secondary N) is 1. The highest BCUT2D eigenvalue weighted by atomic mass is 35.5. The third-order valence-corrected chi connectivity index (χ3v) is 5.24. The van der Waals surface area contributed by atoms with Crippen LogP contribution < -0.4 is 10.2 Å². The van der Waals surface area contributed by atoms with Crippen molar-refractivity contribution in [3.05, 3.63) is 52.3 Å². The zero-order chi connectivity index (χ0) is 17.8. The number of hydrogen-bond acceptors (Lipinski definition) is 4. The topological polar surface area (TPSA) is 58.1 Å². The van der Waals surface area contributed by atoms with E-state index in [0.29, 0.717) is 10.0 Å². The van der Waals surface area contributed by atoms with E-state index >= 15 is 0 Å². The van der Waals surface area contributed by atoms with Crippen molar-refractivity contribution in [2.75, 3.05) is 18.0 Å². The molecule has 0 aliphatic carbocycles. The summed E-state index contributed by atoms with van der Waals surface area (Å²) in [6, 6.07) is 7.12. The summed E-state index contributed by atoms with van der Waals surface area (Å²) in [6.45, 7) is 3.51. The maximum atomic E-state index is 12.6. The second-order valence-corrected chi connectivity index (χ2v) is 7.03. The number of hydrogen-bond donors (Lipinski definition) is 1. The summed E-state index contributed by atoms with van der Waals surface area (Å²) in [7, 11) is 0. The minimum Gasteiger partial charge on any atom is -0.349 e. The first kappa shape index (κ1) is 18.0. The number of aromatic nitrogens is 2. The molecule has 2 aromatic rings. The van der Waals surface area contributed by atoms with E-state index < -0.39 is 0 Å². The summed E-state index contributed by atoms with van der Waals surface area (Å²) >= 11 is 12.0. The Kier molecular flexibility index (Phi) is 5.76. The fraction of sp³-hybridized carbons (Fsp3) is 0.389. The number of anilines is 1. The summed E-state index contributed by atoms with van der Waals surface area (Å²) in [5, 5.41) is 4.09. The van der Waals surface area contributed by atoms with Gasteiger partial charge in [0.25, 0.3) is 0 Å². The molecule has 0 bridgehead atoms. The minimum absolute atomic E-state index is 0.00480. The van der Waals surface area contributed by atoms with Crippen molar-refractivity contribution in [1.82, 2.24) is 15.3 Å². The number of carbonyl (C=O) groups is 1. The van der Waals surface area contributed by atoms with Gasteiger partial charge in [-0.2, -0.15) is 0 Å². The Labute approximate surface area is 157 Å². The normalized spacial score (nSPS) is 16.5. The molecule has 2 heterocycles. The van der Waals surface area contributed by atoms with E-state index in [1.807, 2.05) is 13.0 Å². The fourth-order valence-corrected chi connectivity index (χ4v) is 3.30. The molecule has 132 valence electrons. The first-order valence-electron chi connectivity index (χ1n) is 8.32. The van der Waals surface area contributed by atoms with Crippen LogP contribution >= 0.6 is 23.2 Å². The lowest BCUT2D eigenvalue weighted by Crippen LogP contribution is -2.41. The van der Waals surface area contributed by atoms with Gasteiger partial charge in [-0.3, -0.25) is 4.79 Å². The van der Waals surface area contributed by atoms with Crippen LogP contribution in [0.5, 0.6) is 0 Å². The predicted octanol–water partition coefficient (Wildman–Crippen LogP) is 3.88. The number of benzene rings is 1. The van der Waals surface area contributed by atoms with Crippen LogP contribution in [0.4, 0.5) is 5.95 Å². The van der Waals surface area contributed by atoms with E-state index in [-0.39, 0.29) is 17.9 Å². The zero-order valence-electron chi connectivity index (χ0n) is 14.0. The van der Waals surface area contributed by atoms with Gasteiger partial charge >= 0.3 is 0 Å². The summed E-state index contributed by atoms with van der Waals surface area (Å²) in [6.07, 6.45) is 5.05. The second-order valence-electron chi connectivity index (χ2n) is 6.21. The molecule has 3 rings (SSSR count). The summed E-state index contributed by atoms with van der Waals surface area (Å²) in [4.78, 5) is 23.2. The molecular weight excluding hydrogens is 359 g/mol. The number of rotatable bonds is 4. The fourth-order valence-electron chi connectivity index (χ4n) is 2.99. The Morgan fingerprint density at radius 3 is 2.52 bits per heavy atom. The summed E-state index contributed by atoms with van der Waals surface area (Å²) in [5.41, 5.74) is 0.942. The highest BCUT2D eigenvalue weighted by molar-refractivity contribution is 6.42. The maximum Gasteiger partial charge on any atom is 0.225 e. The van der Waals surface area contributed by atoms with Gasteiger partial charge in [0.2, 0.25) is 11.9 Å². The van der Waals surface area contributed by atoms with E-state index in [0.717, 1.165) is 37.4 Å². The molecule has 1 atom stereocenters. The summed E-state index contributed by atoms with van der Waals surface area (Å²) < 4.78 is 0. The number of nitrogens with zero attached hydrogens (tertiary/aromatic N) is 3. The van der Waals surface area contributed by atoms with Crippen molar-refractivity contribution >= 4 is 35.1 Å². The molecule has 1 aliphatic heterocycles. The molecule has 5 nitrogen and oxygen atoms in total. The molecule has 1 unspecified atom stereocenters. The number of halogens is 2. The quantitative estimate of drug-likeness (QED) is 0.876. The lowest BCUT2D eigenvalue weighted by atomic mass is 9.95. The van der Waals surface area contributed by atoms with E-state index in [9.17, 15) is 4.79 Å². The molecule has 0 spiro atoms. The molecule has 1 N–H and O–H groups in total.